The van der Waals surface area contributed by atoms with Gasteiger partial charge in [0.05, 0.1) is 4.47 Å². The smallest absolute Gasteiger partial charge is 0.224 e. The van der Waals surface area contributed by atoms with Crippen molar-refractivity contribution < 1.29 is 9.47 Å². The van der Waals surface area contributed by atoms with Gasteiger partial charge < -0.3 is 14.8 Å². The van der Waals surface area contributed by atoms with Crippen LogP contribution in [0.2, 0.25) is 5.02 Å². The molecule has 0 aliphatic rings. The van der Waals surface area contributed by atoms with Crippen molar-refractivity contribution >= 4 is 33.3 Å². The number of aromatic nitrogens is 2. The summed E-state index contributed by atoms with van der Waals surface area (Å²) in [6, 6.07) is 7.01. The van der Waals surface area contributed by atoms with Gasteiger partial charge in [-0.25, -0.2) is 4.98 Å². The van der Waals surface area contributed by atoms with Gasteiger partial charge in [-0.05, 0) is 41.1 Å². The number of rotatable bonds is 6. The van der Waals surface area contributed by atoms with Crippen LogP contribution in [0.1, 0.15) is 12.7 Å². The summed E-state index contributed by atoms with van der Waals surface area (Å²) in [7, 11) is 1.79. The molecule has 1 aromatic heterocycles. The molecule has 1 aromatic carbocycles. The lowest BCUT2D eigenvalue weighted by molar-refractivity contribution is 0.128. The van der Waals surface area contributed by atoms with Crippen molar-refractivity contribution in [3.05, 3.63) is 39.6 Å². The minimum absolute atomic E-state index is 0.337. The van der Waals surface area contributed by atoms with Gasteiger partial charge in [0.2, 0.25) is 5.88 Å². The van der Waals surface area contributed by atoms with E-state index in [2.05, 4.69) is 31.2 Å². The molecule has 0 radical (unpaired) electrons. The van der Waals surface area contributed by atoms with Gasteiger partial charge in [0, 0.05) is 24.7 Å². The third kappa shape index (κ3) is 4.56. The quantitative estimate of drug-likeness (QED) is 0.821. The Balaban J connectivity index is 2.25. The molecule has 0 spiro atoms. The summed E-state index contributed by atoms with van der Waals surface area (Å²) in [5.41, 5.74) is 0. The van der Waals surface area contributed by atoms with E-state index in [0.717, 1.165) is 4.47 Å². The molecule has 7 heteroatoms. The first-order chi connectivity index (χ1) is 10.1. The number of halogens is 2. The van der Waals surface area contributed by atoms with Crippen molar-refractivity contribution in [3.8, 4) is 11.6 Å². The van der Waals surface area contributed by atoms with Crippen LogP contribution in [-0.2, 0) is 11.3 Å². The lowest BCUT2D eigenvalue weighted by Gasteiger charge is -2.10. The summed E-state index contributed by atoms with van der Waals surface area (Å²) >= 11 is 9.32. The fraction of sp³-hybridized carbons (Fsp3) is 0.286. The SMILES string of the molecule is CCOCc1nc(NC)cc(Oc2ccc(Cl)cc2Br)n1. The van der Waals surface area contributed by atoms with Crippen LogP contribution in [0.15, 0.2) is 28.7 Å². The molecule has 0 unspecified atom stereocenters. The van der Waals surface area contributed by atoms with Crippen LogP contribution in [0.5, 0.6) is 11.6 Å². The number of nitrogens with one attached hydrogen (secondary N) is 1. The molecule has 0 fully saturated rings. The molecule has 21 heavy (non-hydrogen) atoms. The van der Waals surface area contributed by atoms with E-state index in [0.29, 0.717) is 41.5 Å². The highest BCUT2D eigenvalue weighted by molar-refractivity contribution is 9.10. The molecule has 5 nitrogen and oxygen atoms in total. The number of hydrogen-bond acceptors (Lipinski definition) is 5. The zero-order chi connectivity index (χ0) is 15.2. The zero-order valence-electron chi connectivity index (χ0n) is 11.7. The second kappa shape index (κ2) is 7.59. The van der Waals surface area contributed by atoms with Gasteiger partial charge in [-0.2, -0.15) is 4.98 Å². The molecule has 0 saturated carbocycles. The molecular formula is C14H15BrClN3O2. The van der Waals surface area contributed by atoms with Crippen LogP contribution in [0.25, 0.3) is 0 Å². The summed E-state index contributed by atoms with van der Waals surface area (Å²) in [6.45, 7) is 2.86. The Morgan fingerprint density at radius 1 is 1.29 bits per heavy atom. The van der Waals surface area contributed by atoms with Crippen molar-refractivity contribution in [2.75, 3.05) is 19.0 Å². The van der Waals surface area contributed by atoms with E-state index in [9.17, 15) is 0 Å². The Kier molecular flexibility index (Phi) is 5.78. The highest BCUT2D eigenvalue weighted by atomic mass is 79.9. The van der Waals surface area contributed by atoms with E-state index in [1.807, 2.05) is 6.92 Å². The molecule has 2 aromatic rings. The average Bonchev–Trinajstić information content (AvgIpc) is 2.48. The van der Waals surface area contributed by atoms with Crippen LogP contribution >= 0.6 is 27.5 Å². The van der Waals surface area contributed by atoms with Gasteiger partial charge in [-0.3, -0.25) is 0 Å². The summed E-state index contributed by atoms with van der Waals surface area (Å²) in [6.07, 6.45) is 0. The normalized spacial score (nSPS) is 10.5. The molecule has 0 atom stereocenters. The molecular weight excluding hydrogens is 358 g/mol. The van der Waals surface area contributed by atoms with Gasteiger partial charge in [0.15, 0.2) is 5.82 Å². The van der Waals surface area contributed by atoms with Crippen molar-refractivity contribution in [1.82, 2.24) is 9.97 Å². The summed E-state index contributed by atoms with van der Waals surface area (Å²) in [5, 5.41) is 3.60. The van der Waals surface area contributed by atoms with Crippen molar-refractivity contribution in [1.29, 1.82) is 0 Å². The Morgan fingerprint density at radius 2 is 2.10 bits per heavy atom. The molecule has 0 amide bonds. The van der Waals surface area contributed by atoms with E-state index in [1.54, 1.807) is 31.3 Å². The maximum absolute atomic E-state index is 5.91. The number of hydrogen-bond donors (Lipinski definition) is 1. The Hall–Kier alpha value is -1.37. The second-order valence-electron chi connectivity index (χ2n) is 4.07. The number of ether oxygens (including phenoxy) is 2. The Bertz CT molecular complexity index is 625. The largest absolute Gasteiger partial charge is 0.438 e. The molecule has 0 saturated heterocycles. The maximum Gasteiger partial charge on any atom is 0.224 e. The molecule has 1 heterocycles. The minimum atomic E-state index is 0.337. The maximum atomic E-state index is 5.91. The van der Waals surface area contributed by atoms with Gasteiger partial charge >= 0.3 is 0 Å². The Morgan fingerprint density at radius 3 is 2.76 bits per heavy atom. The van der Waals surface area contributed by atoms with Crippen molar-refractivity contribution in [2.45, 2.75) is 13.5 Å². The lowest BCUT2D eigenvalue weighted by atomic mass is 10.3. The second-order valence-corrected chi connectivity index (χ2v) is 5.36. The van der Waals surface area contributed by atoms with Gasteiger partial charge in [0.25, 0.3) is 0 Å². The van der Waals surface area contributed by atoms with E-state index < -0.39 is 0 Å². The standard InChI is InChI=1S/C14H15BrClN3O2/c1-3-20-8-13-18-12(17-2)7-14(19-13)21-11-5-4-9(16)6-10(11)15/h4-7H,3,8H2,1-2H3,(H,17,18,19). The molecule has 112 valence electrons. The first-order valence-corrected chi connectivity index (χ1v) is 7.55. The highest BCUT2D eigenvalue weighted by Crippen LogP contribution is 2.31. The third-order valence-corrected chi connectivity index (χ3v) is 3.40. The monoisotopic (exact) mass is 371 g/mol. The first kappa shape index (κ1) is 16.0. The number of anilines is 1. The van der Waals surface area contributed by atoms with E-state index in [4.69, 9.17) is 21.1 Å². The predicted molar refractivity (Wildman–Crippen MR) is 86.1 cm³/mol. The van der Waals surface area contributed by atoms with Crippen molar-refractivity contribution in [3.63, 3.8) is 0 Å². The van der Waals surface area contributed by atoms with Crippen LogP contribution in [-0.4, -0.2) is 23.6 Å². The fourth-order valence-corrected chi connectivity index (χ4v) is 2.35. The summed E-state index contributed by atoms with van der Waals surface area (Å²) < 4.78 is 11.9. The van der Waals surface area contributed by atoms with Crippen LogP contribution in [0.3, 0.4) is 0 Å². The Labute approximate surface area is 136 Å². The van der Waals surface area contributed by atoms with Crippen LogP contribution < -0.4 is 10.1 Å². The van der Waals surface area contributed by atoms with Crippen molar-refractivity contribution in [2.24, 2.45) is 0 Å². The molecule has 0 bridgehead atoms. The summed E-state index contributed by atoms with van der Waals surface area (Å²) in [5.74, 6) is 2.29. The van der Waals surface area contributed by atoms with Gasteiger partial charge in [-0.1, -0.05) is 11.6 Å². The third-order valence-electron chi connectivity index (χ3n) is 2.55. The van der Waals surface area contributed by atoms with Gasteiger partial charge in [-0.15, -0.1) is 0 Å². The molecule has 0 aliphatic heterocycles. The van der Waals surface area contributed by atoms with Gasteiger partial charge in [0.1, 0.15) is 18.2 Å². The average molecular weight is 373 g/mol. The first-order valence-electron chi connectivity index (χ1n) is 6.38. The fourth-order valence-electron chi connectivity index (χ4n) is 1.58. The summed E-state index contributed by atoms with van der Waals surface area (Å²) in [4.78, 5) is 8.63. The van der Waals surface area contributed by atoms with Crippen LogP contribution in [0.4, 0.5) is 5.82 Å². The molecule has 2 rings (SSSR count). The lowest BCUT2D eigenvalue weighted by Crippen LogP contribution is -2.04. The topological polar surface area (TPSA) is 56.3 Å². The van der Waals surface area contributed by atoms with Crippen LogP contribution in [0, 0.1) is 0 Å². The predicted octanol–water partition coefficient (Wildman–Crippen LogP) is 4.26. The van der Waals surface area contributed by atoms with E-state index in [1.165, 1.54) is 0 Å². The van der Waals surface area contributed by atoms with E-state index in [-0.39, 0.29) is 0 Å². The molecule has 1 N–H and O–H groups in total. The van der Waals surface area contributed by atoms with E-state index >= 15 is 0 Å². The zero-order valence-corrected chi connectivity index (χ0v) is 14.0. The number of nitrogens with zero attached hydrogens (tertiary/aromatic N) is 2. The number of benzene rings is 1. The molecule has 0 aliphatic carbocycles. The minimum Gasteiger partial charge on any atom is -0.438 e. The highest BCUT2D eigenvalue weighted by Gasteiger charge is 2.08.